The molecule has 4 rings (SSSR count). The van der Waals surface area contributed by atoms with Crippen LogP contribution >= 0.6 is 23.2 Å². The molecule has 0 spiro atoms. The number of urea groups is 1. The van der Waals surface area contributed by atoms with Crippen LogP contribution in [0.2, 0.25) is 10.0 Å². The van der Waals surface area contributed by atoms with E-state index in [0.29, 0.717) is 12.8 Å². The molecule has 1 N–H and O–H groups in total. The highest BCUT2D eigenvalue weighted by molar-refractivity contribution is 6.38. The van der Waals surface area contributed by atoms with Crippen molar-refractivity contribution in [1.29, 1.82) is 0 Å². The van der Waals surface area contributed by atoms with Crippen molar-refractivity contribution in [2.24, 2.45) is 5.41 Å². The zero-order valence-corrected chi connectivity index (χ0v) is 21.1. The van der Waals surface area contributed by atoms with E-state index in [4.69, 9.17) is 23.2 Å². The molecule has 36 heavy (non-hydrogen) atoms. The summed E-state index contributed by atoms with van der Waals surface area (Å²) in [5.74, 6) is -2.88. The van der Waals surface area contributed by atoms with Crippen LogP contribution in [0.4, 0.5) is 10.5 Å². The standard InChI is InChI=1S/C25H23Cl2N3O6/c1-25(8-9-25)21(32)20(22(33)28-18-10-15(23(34)36-2)16(26)11-17(18)27)30-19(31)13-29(24(30)35)12-14-6-4-3-5-7-14/h3-7,10-11,20H,8-9,12-13H2,1-2H3,(H,28,33). The predicted molar refractivity (Wildman–Crippen MR) is 132 cm³/mol. The Morgan fingerprint density at radius 3 is 2.36 bits per heavy atom. The SMILES string of the molecule is COC(=O)c1cc(NC(=O)C(C(=O)C2(C)CC2)N2C(=O)CN(Cc3ccccc3)C2=O)c(Cl)cc1Cl. The van der Waals surface area contributed by atoms with Crippen molar-refractivity contribution in [2.75, 3.05) is 19.0 Å². The maximum atomic E-state index is 13.5. The van der Waals surface area contributed by atoms with Crippen LogP contribution in [0.5, 0.6) is 0 Å². The summed E-state index contributed by atoms with van der Waals surface area (Å²) in [6.45, 7) is 1.57. The monoisotopic (exact) mass is 531 g/mol. The number of ketones is 1. The second kappa shape index (κ2) is 9.91. The Bertz CT molecular complexity index is 1260. The molecule has 11 heteroatoms. The molecule has 1 heterocycles. The van der Waals surface area contributed by atoms with Gasteiger partial charge < -0.3 is 15.0 Å². The number of imide groups is 1. The maximum Gasteiger partial charge on any atom is 0.339 e. The van der Waals surface area contributed by atoms with E-state index in [-0.39, 0.29) is 34.4 Å². The van der Waals surface area contributed by atoms with E-state index in [2.05, 4.69) is 10.1 Å². The van der Waals surface area contributed by atoms with Crippen molar-refractivity contribution in [3.63, 3.8) is 0 Å². The van der Waals surface area contributed by atoms with E-state index in [9.17, 15) is 24.0 Å². The number of esters is 1. The number of carbonyl (C=O) groups excluding carboxylic acids is 5. The molecule has 2 aliphatic rings. The van der Waals surface area contributed by atoms with Gasteiger partial charge in [0.25, 0.3) is 11.8 Å². The van der Waals surface area contributed by atoms with Gasteiger partial charge in [0.05, 0.1) is 28.4 Å². The number of anilines is 1. The van der Waals surface area contributed by atoms with Gasteiger partial charge in [0.15, 0.2) is 11.8 Å². The van der Waals surface area contributed by atoms with Gasteiger partial charge in [-0.15, -0.1) is 0 Å². The zero-order chi connectivity index (χ0) is 26.2. The number of hydrogen-bond acceptors (Lipinski definition) is 6. The van der Waals surface area contributed by atoms with Crippen LogP contribution in [-0.2, 0) is 25.7 Å². The molecular formula is C25H23Cl2N3O6. The van der Waals surface area contributed by atoms with E-state index in [1.807, 2.05) is 30.3 Å². The fraction of sp³-hybridized carbons (Fsp3) is 0.320. The van der Waals surface area contributed by atoms with Gasteiger partial charge in [-0.05, 0) is 30.5 Å². The first-order valence-electron chi connectivity index (χ1n) is 11.1. The Kier molecular flexibility index (Phi) is 7.06. The summed E-state index contributed by atoms with van der Waals surface area (Å²) >= 11 is 12.3. The second-order valence-electron chi connectivity index (χ2n) is 9.01. The number of amides is 4. The number of carbonyl (C=O) groups is 5. The summed E-state index contributed by atoms with van der Waals surface area (Å²) in [6.07, 6.45) is 1.07. The van der Waals surface area contributed by atoms with E-state index in [1.165, 1.54) is 24.1 Å². The van der Waals surface area contributed by atoms with Gasteiger partial charge in [-0.25, -0.2) is 14.5 Å². The highest BCUT2D eigenvalue weighted by Crippen LogP contribution is 2.47. The van der Waals surface area contributed by atoms with Crippen LogP contribution in [0.25, 0.3) is 0 Å². The molecule has 2 aromatic rings. The maximum absolute atomic E-state index is 13.5. The highest BCUT2D eigenvalue weighted by Gasteiger charge is 2.55. The number of nitrogens with one attached hydrogen (secondary N) is 1. The minimum Gasteiger partial charge on any atom is -0.465 e. The second-order valence-corrected chi connectivity index (χ2v) is 9.82. The summed E-state index contributed by atoms with van der Waals surface area (Å²) in [4.78, 5) is 67.1. The number of rotatable bonds is 8. The predicted octanol–water partition coefficient (Wildman–Crippen LogP) is 3.92. The van der Waals surface area contributed by atoms with Crippen LogP contribution in [0.3, 0.4) is 0 Å². The van der Waals surface area contributed by atoms with Crippen molar-refractivity contribution in [3.05, 3.63) is 63.6 Å². The van der Waals surface area contributed by atoms with Crippen LogP contribution in [0, 0.1) is 5.41 Å². The van der Waals surface area contributed by atoms with Crippen LogP contribution in [0.15, 0.2) is 42.5 Å². The highest BCUT2D eigenvalue weighted by atomic mass is 35.5. The summed E-state index contributed by atoms with van der Waals surface area (Å²) in [6, 6.07) is 9.08. The zero-order valence-electron chi connectivity index (χ0n) is 19.5. The molecule has 9 nitrogen and oxygen atoms in total. The number of hydrogen-bond donors (Lipinski definition) is 1. The third-order valence-corrected chi connectivity index (χ3v) is 6.98. The van der Waals surface area contributed by atoms with Crippen molar-refractivity contribution < 1.29 is 28.7 Å². The largest absolute Gasteiger partial charge is 0.465 e. The summed E-state index contributed by atoms with van der Waals surface area (Å²) in [5, 5.41) is 2.50. The third kappa shape index (κ3) is 4.94. The van der Waals surface area contributed by atoms with Crippen molar-refractivity contribution in [2.45, 2.75) is 32.4 Å². The van der Waals surface area contributed by atoms with Crippen molar-refractivity contribution in [3.8, 4) is 0 Å². The topological polar surface area (TPSA) is 113 Å². The molecule has 0 aromatic heterocycles. The smallest absolute Gasteiger partial charge is 0.339 e. The Balaban J connectivity index is 1.64. The Morgan fingerprint density at radius 1 is 1.08 bits per heavy atom. The third-order valence-electron chi connectivity index (χ3n) is 6.36. The van der Waals surface area contributed by atoms with Gasteiger partial charge in [-0.2, -0.15) is 0 Å². The average Bonchev–Trinajstić information content (AvgIpc) is 3.55. The molecule has 1 unspecified atom stereocenters. The quantitative estimate of drug-likeness (QED) is 0.313. The van der Waals surface area contributed by atoms with Crippen molar-refractivity contribution in [1.82, 2.24) is 9.80 Å². The van der Waals surface area contributed by atoms with E-state index >= 15 is 0 Å². The first kappa shape index (κ1) is 25.7. The number of ether oxygens (including phenoxy) is 1. The molecular weight excluding hydrogens is 509 g/mol. The number of Topliss-reactive ketones (excluding diaryl/α,β-unsaturated/α-hetero) is 1. The summed E-state index contributed by atoms with van der Waals surface area (Å²) in [7, 11) is 1.17. The van der Waals surface area contributed by atoms with Gasteiger partial charge in [0.1, 0.15) is 6.54 Å². The van der Waals surface area contributed by atoms with Gasteiger partial charge in [0.2, 0.25) is 0 Å². The number of benzene rings is 2. The fourth-order valence-corrected chi connectivity index (χ4v) is 4.49. The lowest BCUT2D eigenvalue weighted by Gasteiger charge is -2.27. The normalized spacial score (nSPS) is 17.1. The Hall–Kier alpha value is -3.43. The minimum atomic E-state index is -1.70. The Morgan fingerprint density at radius 2 is 1.75 bits per heavy atom. The molecule has 0 bridgehead atoms. The molecule has 1 saturated heterocycles. The lowest BCUT2D eigenvalue weighted by Crippen LogP contribution is -2.54. The first-order valence-corrected chi connectivity index (χ1v) is 11.9. The molecule has 2 fully saturated rings. The molecule has 1 aliphatic heterocycles. The molecule has 4 amide bonds. The molecule has 1 atom stereocenters. The molecule has 0 radical (unpaired) electrons. The molecule has 2 aromatic carbocycles. The first-order chi connectivity index (χ1) is 17.1. The number of methoxy groups -OCH3 is 1. The van der Waals surface area contributed by atoms with Crippen LogP contribution in [0.1, 0.15) is 35.7 Å². The van der Waals surface area contributed by atoms with E-state index in [0.717, 1.165) is 10.5 Å². The van der Waals surface area contributed by atoms with E-state index < -0.39 is 41.1 Å². The minimum absolute atomic E-state index is 0.00409. The van der Waals surface area contributed by atoms with Gasteiger partial charge in [-0.1, -0.05) is 60.5 Å². The number of halogens is 2. The van der Waals surface area contributed by atoms with Crippen molar-refractivity contribution >= 4 is 58.5 Å². The van der Waals surface area contributed by atoms with Crippen LogP contribution in [-0.4, -0.2) is 59.1 Å². The van der Waals surface area contributed by atoms with Gasteiger partial charge >= 0.3 is 12.0 Å². The molecule has 1 saturated carbocycles. The average molecular weight is 532 g/mol. The summed E-state index contributed by atoms with van der Waals surface area (Å²) in [5.41, 5.74) is -0.106. The molecule has 1 aliphatic carbocycles. The fourth-order valence-electron chi connectivity index (χ4n) is 3.98. The lowest BCUT2D eigenvalue weighted by atomic mass is 9.95. The Labute approximate surface area is 217 Å². The van der Waals surface area contributed by atoms with Gasteiger partial charge in [0, 0.05) is 12.0 Å². The molecule has 188 valence electrons. The van der Waals surface area contributed by atoms with E-state index in [1.54, 1.807) is 6.92 Å². The number of nitrogens with zero attached hydrogens (tertiary/aromatic N) is 2. The van der Waals surface area contributed by atoms with Gasteiger partial charge in [-0.3, -0.25) is 14.4 Å². The lowest BCUT2D eigenvalue weighted by molar-refractivity contribution is -0.141. The van der Waals surface area contributed by atoms with Crippen LogP contribution < -0.4 is 5.32 Å². The summed E-state index contributed by atoms with van der Waals surface area (Å²) < 4.78 is 4.69.